The van der Waals surface area contributed by atoms with Crippen LogP contribution in [0.4, 0.5) is 0 Å². The fourth-order valence-electron chi connectivity index (χ4n) is 2.17. The van der Waals surface area contributed by atoms with Crippen LogP contribution >= 0.6 is 0 Å². The molecule has 90 valence electrons. The minimum atomic E-state index is -0.752. The van der Waals surface area contributed by atoms with E-state index in [1.54, 1.807) is 0 Å². The van der Waals surface area contributed by atoms with Gasteiger partial charge in [-0.25, -0.2) is 4.99 Å². The molecule has 1 N–H and O–H groups in total. The van der Waals surface area contributed by atoms with E-state index in [2.05, 4.69) is 4.99 Å². The summed E-state index contributed by atoms with van der Waals surface area (Å²) in [4.78, 5) is 4.35. The maximum Gasteiger partial charge on any atom is 0.180 e. The average molecular weight is 215 g/mol. The Kier molecular flexibility index (Phi) is 4.78. The summed E-state index contributed by atoms with van der Waals surface area (Å²) >= 11 is 0. The summed E-state index contributed by atoms with van der Waals surface area (Å²) in [6.07, 6.45) is 0. The first kappa shape index (κ1) is 14.4. The number of ether oxygens (including phenoxy) is 1. The third-order valence-corrected chi connectivity index (χ3v) is 3.17. The normalized spacial score (nSPS) is 21.3. The van der Waals surface area contributed by atoms with Gasteiger partial charge in [0.05, 0.1) is 5.60 Å². The SMILES string of the molecule is C.CC1=N[C@H](C(O)(C(C)C)C(C)C)CO1. The molecular weight excluding hydrogens is 190 g/mol. The van der Waals surface area contributed by atoms with E-state index in [1.807, 2.05) is 34.6 Å². The third-order valence-electron chi connectivity index (χ3n) is 3.17. The molecule has 0 aromatic rings. The minimum absolute atomic E-state index is 0. The highest BCUT2D eigenvalue weighted by atomic mass is 16.5. The van der Waals surface area contributed by atoms with E-state index in [4.69, 9.17) is 4.74 Å². The van der Waals surface area contributed by atoms with Crippen LogP contribution in [0.25, 0.3) is 0 Å². The predicted octanol–water partition coefficient (Wildman–Crippen LogP) is 2.48. The molecule has 0 saturated heterocycles. The number of rotatable bonds is 3. The quantitative estimate of drug-likeness (QED) is 0.786. The van der Waals surface area contributed by atoms with Crippen LogP contribution in [0.1, 0.15) is 42.0 Å². The largest absolute Gasteiger partial charge is 0.479 e. The van der Waals surface area contributed by atoms with Crippen molar-refractivity contribution < 1.29 is 9.84 Å². The predicted molar refractivity (Wildman–Crippen MR) is 64.2 cm³/mol. The van der Waals surface area contributed by atoms with Gasteiger partial charge >= 0.3 is 0 Å². The molecule has 1 aliphatic rings. The Hall–Kier alpha value is -0.570. The van der Waals surface area contributed by atoms with Gasteiger partial charge in [-0.3, -0.25) is 0 Å². The van der Waals surface area contributed by atoms with Crippen LogP contribution in [-0.4, -0.2) is 29.3 Å². The lowest BCUT2D eigenvalue weighted by Crippen LogP contribution is -2.51. The summed E-state index contributed by atoms with van der Waals surface area (Å²) in [5, 5.41) is 10.6. The second-order valence-electron chi connectivity index (χ2n) is 4.67. The van der Waals surface area contributed by atoms with Gasteiger partial charge in [-0.2, -0.15) is 0 Å². The zero-order valence-electron chi connectivity index (χ0n) is 9.74. The van der Waals surface area contributed by atoms with Gasteiger partial charge in [0.25, 0.3) is 0 Å². The third kappa shape index (κ3) is 2.51. The molecule has 0 unspecified atom stereocenters. The van der Waals surface area contributed by atoms with Gasteiger partial charge in [0.15, 0.2) is 5.90 Å². The Labute approximate surface area is 93.6 Å². The standard InChI is InChI=1S/C11H21NO2.CH4/c1-7(2)11(13,8(3)4)10-6-14-9(5)12-10;/h7-8,10,13H,6H2,1-5H3;1H4/t10-;/m0./s1. The minimum Gasteiger partial charge on any atom is -0.479 e. The molecule has 1 atom stereocenters. The maximum absolute atomic E-state index is 10.6. The number of hydrogen-bond acceptors (Lipinski definition) is 3. The van der Waals surface area contributed by atoms with Crippen LogP contribution in [0.3, 0.4) is 0 Å². The summed E-state index contributed by atoms with van der Waals surface area (Å²) in [6.45, 7) is 10.5. The molecular formula is C12H25NO2. The van der Waals surface area contributed by atoms with Crippen LogP contribution < -0.4 is 0 Å². The molecule has 3 heteroatoms. The monoisotopic (exact) mass is 215 g/mol. The van der Waals surface area contributed by atoms with Gasteiger partial charge in [-0.15, -0.1) is 0 Å². The van der Waals surface area contributed by atoms with Gasteiger partial charge in [0.2, 0.25) is 0 Å². The van der Waals surface area contributed by atoms with Crippen LogP contribution in [0.5, 0.6) is 0 Å². The Bertz CT molecular complexity index is 226. The van der Waals surface area contributed by atoms with E-state index in [9.17, 15) is 5.11 Å². The zero-order chi connectivity index (χ0) is 10.9. The van der Waals surface area contributed by atoms with Gasteiger partial charge < -0.3 is 9.84 Å². The molecule has 0 fully saturated rings. The molecule has 0 amide bonds. The molecule has 0 aromatic heterocycles. The van der Waals surface area contributed by atoms with Crippen LogP contribution in [0.15, 0.2) is 4.99 Å². The second kappa shape index (κ2) is 4.97. The lowest BCUT2D eigenvalue weighted by Gasteiger charge is -2.38. The van der Waals surface area contributed by atoms with Crippen molar-refractivity contribution >= 4 is 5.90 Å². The molecule has 0 spiro atoms. The lowest BCUT2D eigenvalue weighted by atomic mass is 9.75. The fraction of sp³-hybridized carbons (Fsp3) is 0.917. The first-order valence-electron chi connectivity index (χ1n) is 5.28. The second-order valence-corrected chi connectivity index (χ2v) is 4.67. The van der Waals surface area contributed by atoms with Crippen molar-refractivity contribution in [3.63, 3.8) is 0 Å². The number of hydrogen-bond donors (Lipinski definition) is 1. The van der Waals surface area contributed by atoms with E-state index in [0.29, 0.717) is 12.5 Å². The van der Waals surface area contributed by atoms with E-state index in [1.165, 1.54) is 0 Å². The van der Waals surface area contributed by atoms with Gasteiger partial charge in [0, 0.05) is 6.92 Å². The molecule has 0 saturated carbocycles. The summed E-state index contributed by atoms with van der Waals surface area (Å²) in [5.74, 6) is 1.06. The van der Waals surface area contributed by atoms with Crippen molar-refractivity contribution in [2.45, 2.75) is 53.7 Å². The molecule has 1 aliphatic heterocycles. The maximum atomic E-state index is 10.6. The van der Waals surface area contributed by atoms with Crippen LogP contribution in [-0.2, 0) is 4.74 Å². The Balaban J connectivity index is 0.00000196. The summed E-state index contributed by atoms with van der Waals surface area (Å²) in [6, 6.07) is -0.109. The zero-order valence-corrected chi connectivity index (χ0v) is 9.74. The molecule has 0 aromatic carbocycles. The van der Waals surface area contributed by atoms with E-state index in [-0.39, 0.29) is 25.3 Å². The highest BCUT2D eigenvalue weighted by Crippen LogP contribution is 2.33. The molecule has 0 bridgehead atoms. The van der Waals surface area contributed by atoms with Crippen molar-refractivity contribution in [1.29, 1.82) is 0 Å². The first-order valence-corrected chi connectivity index (χ1v) is 5.28. The average Bonchev–Trinajstić information content (AvgIpc) is 2.49. The molecule has 0 radical (unpaired) electrons. The van der Waals surface area contributed by atoms with E-state index >= 15 is 0 Å². The summed E-state index contributed by atoms with van der Waals surface area (Å²) in [7, 11) is 0. The smallest absolute Gasteiger partial charge is 0.180 e. The van der Waals surface area contributed by atoms with Crippen LogP contribution in [0.2, 0.25) is 0 Å². The fourth-order valence-corrected chi connectivity index (χ4v) is 2.17. The molecule has 1 rings (SSSR count). The van der Waals surface area contributed by atoms with Gasteiger partial charge in [-0.05, 0) is 11.8 Å². The van der Waals surface area contributed by atoms with Crippen LogP contribution in [0, 0.1) is 11.8 Å². The highest BCUT2D eigenvalue weighted by Gasteiger charge is 2.44. The van der Waals surface area contributed by atoms with Crippen molar-refractivity contribution in [2.24, 2.45) is 16.8 Å². The number of nitrogens with zero attached hydrogens (tertiary/aromatic N) is 1. The van der Waals surface area contributed by atoms with Crippen molar-refractivity contribution in [3.8, 4) is 0 Å². The number of aliphatic hydroxyl groups is 1. The van der Waals surface area contributed by atoms with Crippen molar-refractivity contribution in [2.75, 3.05) is 6.61 Å². The first-order chi connectivity index (χ1) is 6.39. The molecule has 3 nitrogen and oxygen atoms in total. The summed E-state index contributed by atoms with van der Waals surface area (Å²) in [5.41, 5.74) is -0.752. The molecule has 15 heavy (non-hydrogen) atoms. The Morgan fingerprint density at radius 2 is 1.80 bits per heavy atom. The molecule has 1 heterocycles. The van der Waals surface area contributed by atoms with Crippen molar-refractivity contribution in [1.82, 2.24) is 0 Å². The van der Waals surface area contributed by atoms with Crippen molar-refractivity contribution in [3.05, 3.63) is 0 Å². The lowest BCUT2D eigenvalue weighted by molar-refractivity contribution is -0.0711. The van der Waals surface area contributed by atoms with E-state index in [0.717, 1.165) is 0 Å². The van der Waals surface area contributed by atoms with Gasteiger partial charge in [-0.1, -0.05) is 35.1 Å². The number of aliphatic imine (C=N–C) groups is 1. The molecule has 0 aliphatic carbocycles. The highest BCUT2D eigenvalue weighted by molar-refractivity contribution is 5.74. The van der Waals surface area contributed by atoms with Gasteiger partial charge in [0.1, 0.15) is 12.6 Å². The Morgan fingerprint density at radius 1 is 1.33 bits per heavy atom. The topological polar surface area (TPSA) is 41.8 Å². The Morgan fingerprint density at radius 3 is 2.07 bits per heavy atom. The van der Waals surface area contributed by atoms with E-state index < -0.39 is 5.60 Å². The summed E-state index contributed by atoms with van der Waals surface area (Å²) < 4.78 is 5.30.